The van der Waals surface area contributed by atoms with E-state index < -0.39 is 0 Å². The average molecular weight is 337 g/mol. The molecule has 2 aliphatic rings. The van der Waals surface area contributed by atoms with Crippen molar-refractivity contribution in [1.82, 2.24) is 19.9 Å². The van der Waals surface area contributed by atoms with Crippen LogP contribution in [-0.4, -0.2) is 39.0 Å². The van der Waals surface area contributed by atoms with Gasteiger partial charge in [0.05, 0.1) is 5.69 Å². The minimum absolute atomic E-state index is 0.509. The molecule has 4 rings (SSSR count). The van der Waals surface area contributed by atoms with Gasteiger partial charge in [0.25, 0.3) is 0 Å². The number of nitrogens with zero attached hydrogens (tertiary/aromatic N) is 4. The fraction of sp³-hybridized carbons (Fsp3) is 0.550. The van der Waals surface area contributed by atoms with Crippen LogP contribution in [0.15, 0.2) is 24.5 Å². The Bertz CT molecular complexity index is 726. The lowest BCUT2D eigenvalue weighted by Crippen LogP contribution is -2.26. The summed E-state index contributed by atoms with van der Waals surface area (Å²) in [6.07, 6.45) is 8.45. The largest absolute Gasteiger partial charge is 0.367 e. The molecule has 1 aliphatic carbocycles. The van der Waals surface area contributed by atoms with Gasteiger partial charge in [0.2, 0.25) is 0 Å². The van der Waals surface area contributed by atoms with Gasteiger partial charge in [0, 0.05) is 50.1 Å². The van der Waals surface area contributed by atoms with E-state index in [1.165, 1.54) is 29.7 Å². The minimum Gasteiger partial charge on any atom is -0.367 e. The standard InChI is InChI=1S/C20H27N5/c1-14(17-3-4-17)22-20-18-7-11-25(13-16-5-9-21-10-6-16)12-8-19(18)23-15(2)24-20/h5-6,9-10,14,17H,3-4,7-8,11-13H2,1-2H3,(H,22,23,24). The first-order chi connectivity index (χ1) is 12.2. The van der Waals surface area contributed by atoms with Crippen LogP contribution in [0.1, 0.15) is 42.4 Å². The number of pyridine rings is 1. The molecule has 25 heavy (non-hydrogen) atoms. The van der Waals surface area contributed by atoms with E-state index in [1.54, 1.807) is 0 Å². The fourth-order valence-corrected chi connectivity index (χ4v) is 3.72. The molecular weight excluding hydrogens is 310 g/mol. The van der Waals surface area contributed by atoms with Crippen LogP contribution in [0, 0.1) is 12.8 Å². The van der Waals surface area contributed by atoms with Gasteiger partial charge in [-0.25, -0.2) is 9.97 Å². The van der Waals surface area contributed by atoms with Crippen LogP contribution in [0.5, 0.6) is 0 Å². The quantitative estimate of drug-likeness (QED) is 0.909. The summed E-state index contributed by atoms with van der Waals surface area (Å²) < 4.78 is 0. The Kier molecular flexibility index (Phi) is 4.66. The molecule has 1 saturated carbocycles. The van der Waals surface area contributed by atoms with E-state index >= 15 is 0 Å². The number of rotatable bonds is 5. The number of aryl methyl sites for hydroxylation is 1. The second kappa shape index (κ2) is 7.08. The molecule has 1 aliphatic heterocycles. The molecule has 0 radical (unpaired) electrons. The summed E-state index contributed by atoms with van der Waals surface area (Å²) in [5.74, 6) is 2.78. The highest BCUT2D eigenvalue weighted by atomic mass is 15.1. The second-order valence-electron chi connectivity index (χ2n) is 7.45. The molecular formula is C20H27N5. The molecule has 0 amide bonds. The Labute approximate surface area is 149 Å². The molecule has 1 fully saturated rings. The monoisotopic (exact) mass is 337 g/mol. The van der Waals surface area contributed by atoms with Crippen LogP contribution in [0.3, 0.4) is 0 Å². The third-order valence-electron chi connectivity index (χ3n) is 5.40. The van der Waals surface area contributed by atoms with Crippen molar-refractivity contribution < 1.29 is 0 Å². The van der Waals surface area contributed by atoms with E-state index in [0.29, 0.717) is 6.04 Å². The van der Waals surface area contributed by atoms with Crippen molar-refractivity contribution in [3.8, 4) is 0 Å². The number of aromatic nitrogens is 3. The van der Waals surface area contributed by atoms with Crippen molar-refractivity contribution in [3.63, 3.8) is 0 Å². The summed E-state index contributed by atoms with van der Waals surface area (Å²) in [4.78, 5) is 16.1. The number of nitrogens with one attached hydrogen (secondary N) is 1. The summed E-state index contributed by atoms with van der Waals surface area (Å²) in [6, 6.07) is 4.72. The molecule has 1 atom stereocenters. The van der Waals surface area contributed by atoms with Crippen LogP contribution >= 0.6 is 0 Å². The molecule has 1 N–H and O–H groups in total. The smallest absolute Gasteiger partial charge is 0.133 e. The van der Waals surface area contributed by atoms with Crippen LogP contribution in [0.4, 0.5) is 5.82 Å². The highest BCUT2D eigenvalue weighted by Gasteiger charge is 2.29. The summed E-state index contributed by atoms with van der Waals surface area (Å²) in [5, 5.41) is 3.69. The van der Waals surface area contributed by atoms with Gasteiger partial charge in [-0.15, -0.1) is 0 Å². The van der Waals surface area contributed by atoms with E-state index in [4.69, 9.17) is 9.97 Å². The van der Waals surface area contributed by atoms with Crippen molar-refractivity contribution >= 4 is 5.82 Å². The molecule has 0 saturated heterocycles. The molecule has 2 aromatic heterocycles. The summed E-state index contributed by atoms with van der Waals surface area (Å²) in [7, 11) is 0. The maximum absolute atomic E-state index is 4.76. The zero-order chi connectivity index (χ0) is 17.2. The first-order valence-corrected chi connectivity index (χ1v) is 9.43. The summed E-state index contributed by atoms with van der Waals surface area (Å²) in [6.45, 7) is 7.36. The fourth-order valence-electron chi connectivity index (χ4n) is 3.72. The molecule has 5 heteroatoms. The predicted octanol–water partition coefficient (Wildman–Crippen LogP) is 2.99. The highest BCUT2D eigenvalue weighted by Crippen LogP contribution is 2.34. The Balaban J connectivity index is 1.50. The third-order valence-corrected chi connectivity index (χ3v) is 5.40. The van der Waals surface area contributed by atoms with E-state index in [-0.39, 0.29) is 0 Å². The van der Waals surface area contributed by atoms with Gasteiger partial charge in [-0.3, -0.25) is 9.88 Å². The molecule has 3 heterocycles. The van der Waals surface area contributed by atoms with Crippen molar-refractivity contribution in [3.05, 3.63) is 47.2 Å². The molecule has 0 bridgehead atoms. The Hall–Kier alpha value is -2.01. The topological polar surface area (TPSA) is 53.9 Å². The maximum Gasteiger partial charge on any atom is 0.133 e. The first kappa shape index (κ1) is 16.5. The van der Waals surface area contributed by atoms with Gasteiger partial charge >= 0.3 is 0 Å². The third kappa shape index (κ3) is 3.98. The summed E-state index contributed by atoms with van der Waals surface area (Å²) >= 11 is 0. The Morgan fingerprint density at radius 1 is 1.16 bits per heavy atom. The first-order valence-electron chi connectivity index (χ1n) is 9.43. The highest BCUT2D eigenvalue weighted by molar-refractivity contribution is 5.48. The number of hydrogen-bond donors (Lipinski definition) is 1. The van der Waals surface area contributed by atoms with Gasteiger partial charge in [0.15, 0.2) is 0 Å². The second-order valence-corrected chi connectivity index (χ2v) is 7.45. The zero-order valence-electron chi connectivity index (χ0n) is 15.2. The van der Waals surface area contributed by atoms with Crippen LogP contribution < -0.4 is 5.32 Å². The van der Waals surface area contributed by atoms with Gasteiger partial charge in [-0.2, -0.15) is 0 Å². The van der Waals surface area contributed by atoms with Gasteiger partial charge in [0.1, 0.15) is 11.6 Å². The van der Waals surface area contributed by atoms with E-state index in [1.807, 2.05) is 19.3 Å². The number of anilines is 1. The normalized spacial score (nSPS) is 19.1. The lowest BCUT2D eigenvalue weighted by molar-refractivity contribution is 0.279. The van der Waals surface area contributed by atoms with E-state index in [0.717, 1.165) is 50.0 Å². The Morgan fingerprint density at radius 3 is 2.68 bits per heavy atom. The van der Waals surface area contributed by atoms with Gasteiger partial charge < -0.3 is 5.32 Å². The van der Waals surface area contributed by atoms with Gasteiger partial charge in [-0.1, -0.05) is 0 Å². The van der Waals surface area contributed by atoms with E-state index in [9.17, 15) is 0 Å². The lowest BCUT2D eigenvalue weighted by atomic mass is 10.1. The van der Waals surface area contributed by atoms with Crippen molar-refractivity contribution in [2.45, 2.75) is 52.1 Å². The molecule has 0 aromatic carbocycles. The SMILES string of the molecule is Cc1nc2c(c(NC(C)C3CC3)n1)CCN(Cc1ccncc1)CC2. The van der Waals surface area contributed by atoms with Crippen LogP contribution in [0.2, 0.25) is 0 Å². The molecule has 2 aromatic rings. The van der Waals surface area contributed by atoms with Crippen molar-refractivity contribution in [2.75, 3.05) is 18.4 Å². The molecule has 5 nitrogen and oxygen atoms in total. The van der Waals surface area contributed by atoms with Gasteiger partial charge in [-0.05, 0) is 56.7 Å². The Morgan fingerprint density at radius 2 is 1.92 bits per heavy atom. The maximum atomic E-state index is 4.76. The van der Waals surface area contributed by atoms with Crippen molar-refractivity contribution in [1.29, 1.82) is 0 Å². The molecule has 0 spiro atoms. The predicted molar refractivity (Wildman–Crippen MR) is 99.5 cm³/mol. The van der Waals surface area contributed by atoms with Crippen LogP contribution in [0.25, 0.3) is 0 Å². The number of fused-ring (bicyclic) bond motifs is 1. The summed E-state index contributed by atoms with van der Waals surface area (Å²) in [5.41, 5.74) is 3.88. The minimum atomic E-state index is 0.509. The van der Waals surface area contributed by atoms with Crippen molar-refractivity contribution in [2.24, 2.45) is 5.92 Å². The number of hydrogen-bond acceptors (Lipinski definition) is 5. The van der Waals surface area contributed by atoms with Crippen LogP contribution in [-0.2, 0) is 19.4 Å². The molecule has 1 unspecified atom stereocenters. The van der Waals surface area contributed by atoms with E-state index in [2.05, 4.69) is 34.3 Å². The molecule has 132 valence electrons. The zero-order valence-corrected chi connectivity index (χ0v) is 15.2. The average Bonchev–Trinajstić information content (AvgIpc) is 3.44. The lowest BCUT2D eigenvalue weighted by Gasteiger charge is -2.20.